The van der Waals surface area contributed by atoms with E-state index < -0.39 is 60.4 Å². The maximum absolute atomic E-state index is 11.9. The van der Waals surface area contributed by atoms with Crippen molar-refractivity contribution >= 4 is 0 Å². The van der Waals surface area contributed by atoms with Crippen LogP contribution < -0.4 is 0 Å². The molecule has 14 atom stereocenters. The van der Waals surface area contributed by atoms with E-state index in [-0.39, 0.29) is 46.7 Å². The third kappa shape index (κ3) is 4.58. The molecule has 9 nitrogen and oxygen atoms in total. The summed E-state index contributed by atoms with van der Waals surface area (Å²) in [4.78, 5) is 0. The van der Waals surface area contributed by atoms with Crippen molar-refractivity contribution in [1.29, 1.82) is 0 Å². The zero-order valence-corrected chi connectivity index (χ0v) is 28.1. The van der Waals surface area contributed by atoms with Gasteiger partial charge in [0.2, 0.25) is 0 Å². The summed E-state index contributed by atoms with van der Waals surface area (Å²) in [7, 11) is 0. The van der Waals surface area contributed by atoms with Crippen molar-refractivity contribution in [2.24, 2.45) is 44.3 Å². The van der Waals surface area contributed by atoms with Gasteiger partial charge in [-0.05, 0) is 85.0 Å². The molecule has 1 heterocycles. The molecule has 0 aromatic heterocycles. The van der Waals surface area contributed by atoms with Gasteiger partial charge in [-0.1, -0.05) is 59.3 Å². The molecule has 6 aliphatic rings. The maximum Gasteiger partial charge on any atom is 0.186 e. The Morgan fingerprint density at radius 1 is 0.844 bits per heavy atom. The average Bonchev–Trinajstić information content (AvgIpc) is 2.99. The van der Waals surface area contributed by atoms with Crippen LogP contribution in [0.4, 0.5) is 0 Å². The normalized spacial score (nSPS) is 54.1. The second-order valence-corrected chi connectivity index (χ2v) is 17.5. The lowest BCUT2D eigenvalue weighted by Crippen LogP contribution is -2.66. The number of hydrogen-bond acceptors (Lipinski definition) is 9. The number of ether oxygens (including phenoxy) is 2. The molecule has 7 N–H and O–H groups in total. The summed E-state index contributed by atoms with van der Waals surface area (Å²) in [6, 6.07) is 0. The van der Waals surface area contributed by atoms with Gasteiger partial charge in [-0.2, -0.15) is 0 Å². The molecule has 1 saturated heterocycles. The Bertz CT molecular complexity index is 1210. The zero-order chi connectivity index (χ0) is 33.0. The van der Waals surface area contributed by atoms with Crippen molar-refractivity contribution < 1.29 is 45.2 Å². The smallest absolute Gasteiger partial charge is 0.186 e. The molecular weight excluding hydrogens is 576 g/mol. The molecule has 3 saturated carbocycles. The maximum atomic E-state index is 11.9. The first-order valence-corrected chi connectivity index (χ1v) is 17.3. The molecular formula is C36H58O9. The summed E-state index contributed by atoms with van der Waals surface area (Å²) in [5.41, 5.74) is 0.818. The molecule has 0 unspecified atom stereocenters. The second kappa shape index (κ2) is 11.1. The summed E-state index contributed by atoms with van der Waals surface area (Å²) in [5, 5.41) is 74.7. The van der Waals surface area contributed by atoms with Gasteiger partial charge in [0, 0.05) is 16.2 Å². The average molecular weight is 635 g/mol. The molecule has 0 amide bonds. The summed E-state index contributed by atoms with van der Waals surface area (Å²) < 4.78 is 12.1. The van der Waals surface area contributed by atoms with E-state index in [0.717, 1.165) is 38.5 Å². The lowest BCUT2D eigenvalue weighted by atomic mass is 9.35. The molecule has 9 heteroatoms. The third-order valence-electron chi connectivity index (χ3n) is 14.8. The molecule has 0 aromatic carbocycles. The van der Waals surface area contributed by atoms with Crippen LogP contribution in [-0.2, 0) is 9.47 Å². The lowest BCUT2D eigenvalue weighted by Gasteiger charge is -2.70. The minimum atomic E-state index is -1.52. The summed E-state index contributed by atoms with van der Waals surface area (Å²) in [6.07, 6.45) is 3.34. The molecule has 4 fully saturated rings. The highest BCUT2D eigenvalue weighted by atomic mass is 16.7. The van der Waals surface area contributed by atoms with Gasteiger partial charge < -0.3 is 45.2 Å². The fourth-order valence-electron chi connectivity index (χ4n) is 11.6. The highest BCUT2D eigenvalue weighted by Gasteiger charge is 2.69. The van der Waals surface area contributed by atoms with Crippen LogP contribution in [-0.4, -0.2) is 98.5 Å². The van der Waals surface area contributed by atoms with Crippen molar-refractivity contribution in [2.45, 2.75) is 136 Å². The van der Waals surface area contributed by atoms with Gasteiger partial charge >= 0.3 is 0 Å². The van der Waals surface area contributed by atoms with Crippen LogP contribution in [0.25, 0.3) is 0 Å². The first kappa shape index (κ1) is 34.0. The monoisotopic (exact) mass is 634 g/mol. The zero-order valence-electron chi connectivity index (χ0n) is 28.1. The molecule has 256 valence electrons. The fourth-order valence-corrected chi connectivity index (χ4v) is 11.6. The van der Waals surface area contributed by atoms with E-state index >= 15 is 0 Å². The van der Waals surface area contributed by atoms with Crippen LogP contribution in [0.2, 0.25) is 0 Å². The largest absolute Gasteiger partial charge is 0.396 e. The van der Waals surface area contributed by atoms with E-state index in [1.54, 1.807) is 0 Å². The van der Waals surface area contributed by atoms with Crippen molar-refractivity contribution in [3.05, 3.63) is 23.3 Å². The third-order valence-corrected chi connectivity index (χ3v) is 14.8. The number of allylic oxidation sites excluding steroid dienone is 3. The van der Waals surface area contributed by atoms with Gasteiger partial charge in [-0.25, -0.2) is 0 Å². The fraction of sp³-hybridized carbons (Fsp3) is 0.889. The van der Waals surface area contributed by atoms with Gasteiger partial charge in [-0.15, -0.1) is 0 Å². The Morgan fingerprint density at radius 3 is 2.20 bits per heavy atom. The predicted molar refractivity (Wildman–Crippen MR) is 168 cm³/mol. The molecule has 0 bridgehead atoms. The number of rotatable bonds is 5. The van der Waals surface area contributed by atoms with Crippen molar-refractivity contribution in [3.8, 4) is 0 Å². The van der Waals surface area contributed by atoms with Crippen molar-refractivity contribution in [2.75, 3.05) is 19.8 Å². The summed E-state index contributed by atoms with van der Waals surface area (Å²) in [5.74, 6) is 0.264. The molecule has 0 radical (unpaired) electrons. The Balaban J connectivity index is 1.35. The molecule has 0 spiro atoms. The topological polar surface area (TPSA) is 160 Å². The van der Waals surface area contributed by atoms with Crippen LogP contribution in [0.1, 0.15) is 92.9 Å². The van der Waals surface area contributed by atoms with Gasteiger partial charge in [0.25, 0.3) is 0 Å². The van der Waals surface area contributed by atoms with E-state index in [2.05, 4.69) is 53.7 Å². The number of aliphatic hydroxyl groups is 7. The van der Waals surface area contributed by atoms with E-state index in [1.165, 1.54) is 11.1 Å². The number of aliphatic hydroxyl groups excluding tert-OH is 7. The van der Waals surface area contributed by atoms with E-state index in [1.807, 2.05) is 0 Å². The van der Waals surface area contributed by atoms with Crippen LogP contribution in [0, 0.1) is 44.3 Å². The number of fused-ring (bicyclic) bond motifs is 6. The van der Waals surface area contributed by atoms with Crippen LogP contribution in [0.5, 0.6) is 0 Å². The SMILES string of the molecule is CC1(C)CC[C@@]2(CO)C(=C3C=C[C@@H]4[C@@]5(C)CC[C@H](O[C@@H]6O[C@H](CO)[C@@H](O)[C@H](O)[C@H]6O)[C@@](C)(CO)[C@@H]5CC[C@@]4(C)[C@]3(C)C[C@@H]2O)C1. The lowest BCUT2D eigenvalue weighted by molar-refractivity contribution is -0.332. The predicted octanol–water partition coefficient (Wildman–Crippen LogP) is 2.83. The van der Waals surface area contributed by atoms with Crippen molar-refractivity contribution in [3.63, 3.8) is 0 Å². The summed E-state index contributed by atoms with van der Waals surface area (Å²) in [6.45, 7) is 13.1. The summed E-state index contributed by atoms with van der Waals surface area (Å²) >= 11 is 0. The molecule has 0 aromatic rings. The first-order chi connectivity index (χ1) is 21.0. The molecule has 5 aliphatic carbocycles. The highest BCUT2D eigenvalue weighted by Crippen LogP contribution is 2.74. The molecule has 6 rings (SSSR count). The number of hydrogen-bond donors (Lipinski definition) is 7. The van der Waals surface area contributed by atoms with Gasteiger partial charge in [0.05, 0.1) is 32.0 Å². The van der Waals surface area contributed by atoms with Crippen molar-refractivity contribution in [1.82, 2.24) is 0 Å². The standard InChI is InChI=1S/C36H58O9/c1-31(2)13-14-36(19-39)21(15-31)20-7-8-24-32(3)11-10-26(45-30-29(43)28(42)27(41)22(17-37)44-30)33(4,18-38)23(32)9-12-34(24,5)35(20,6)16-25(36)40/h7-8,22-30,37-43H,9-19H2,1-6H3/t22-,23-,24-,25+,26+,27-,28+,29-,30+,32+,33+,34-,35-,36-/m1/s1. The van der Waals surface area contributed by atoms with Gasteiger partial charge in [0.15, 0.2) is 6.29 Å². The Kier molecular flexibility index (Phi) is 8.37. The Morgan fingerprint density at radius 2 is 1.56 bits per heavy atom. The highest BCUT2D eigenvalue weighted by molar-refractivity contribution is 5.47. The van der Waals surface area contributed by atoms with E-state index in [0.29, 0.717) is 12.8 Å². The van der Waals surface area contributed by atoms with Crippen LogP contribution in [0.15, 0.2) is 23.3 Å². The van der Waals surface area contributed by atoms with Crippen LogP contribution in [0.3, 0.4) is 0 Å². The van der Waals surface area contributed by atoms with E-state index in [9.17, 15) is 35.7 Å². The minimum Gasteiger partial charge on any atom is -0.396 e. The second-order valence-electron chi connectivity index (χ2n) is 17.5. The van der Waals surface area contributed by atoms with Crippen LogP contribution >= 0.6 is 0 Å². The quantitative estimate of drug-likeness (QED) is 0.226. The van der Waals surface area contributed by atoms with E-state index in [4.69, 9.17) is 9.47 Å². The van der Waals surface area contributed by atoms with Gasteiger partial charge in [0.1, 0.15) is 24.4 Å². The van der Waals surface area contributed by atoms with Gasteiger partial charge in [-0.3, -0.25) is 0 Å². The Labute approximate surface area is 268 Å². The molecule has 1 aliphatic heterocycles. The molecule has 45 heavy (non-hydrogen) atoms. The first-order valence-electron chi connectivity index (χ1n) is 17.3. The Hall–Kier alpha value is -0.880. The minimum absolute atomic E-state index is 0.0301.